The number of aromatic nitrogens is 5. The van der Waals surface area contributed by atoms with Crippen LogP contribution in [0, 0.1) is 5.41 Å². The van der Waals surface area contributed by atoms with E-state index in [4.69, 9.17) is 9.47 Å². The summed E-state index contributed by atoms with van der Waals surface area (Å²) in [7, 11) is 0. The van der Waals surface area contributed by atoms with E-state index >= 15 is 0 Å². The number of piperidine rings is 1. The van der Waals surface area contributed by atoms with Crippen molar-refractivity contribution in [3.05, 3.63) is 46.0 Å². The van der Waals surface area contributed by atoms with E-state index < -0.39 is 0 Å². The first kappa shape index (κ1) is 24.6. The first-order chi connectivity index (χ1) is 18.1. The summed E-state index contributed by atoms with van der Waals surface area (Å²) < 4.78 is 13.5. The van der Waals surface area contributed by atoms with Crippen LogP contribution in [0.2, 0.25) is 0 Å². The number of H-pyrrole nitrogens is 1. The molecule has 2 unspecified atom stereocenters. The van der Waals surface area contributed by atoms with Crippen LogP contribution >= 0.6 is 0 Å². The molecule has 3 fully saturated rings. The lowest BCUT2D eigenvalue weighted by molar-refractivity contribution is 0.0326. The molecular weight excluding hydrogens is 468 g/mol. The van der Waals surface area contributed by atoms with Crippen LogP contribution in [0.5, 0.6) is 5.75 Å². The Morgan fingerprint density at radius 3 is 2.84 bits per heavy atom. The number of tetrazole rings is 1. The van der Waals surface area contributed by atoms with Crippen LogP contribution in [0.3, 0.4) is 0 Å². The molecule has 0 amide bonds. The Morgan fingerprint density at radius 1 is 1.16 bits per heavy atom. The molecule has 9 heteroatoms. The van der Waals surface area contributed by atoms with E-state index in [1.54, 1.807) is 0 Å². The van der Waals surface area contributed by atoms with Gasteiger partial charge in [-0.1, -0.05) is 19.3 Å². The molecule has 2 aliphatic heterocycles. The molecule has 2 atom stereocenters. The number of rotatable bonds is 7. The van der Waals surface area contributed by atoms with Gasteiger partial charge in [0, 0.05) is 29.6 Å². The summed E-state index contributed by atoms with van der Waals surface area (Å²) in [4.78, 5) is 19.2. The molecule has 3 aliphatic rings. The van der Waals surface area contributed by atoms with Gasteiger partial charge in [0.15, 0.2) is 5.82 Å². The minimum Gasteiger partial charge on any atom is -0.494 e. The molecule has 9 nitrogen and oxygen atoms in total. The third kappa shape index (κ3) is 5.03. The van der Waals surface area contributed by atoms with Crippen LogP contribution in [0.15, 0.2) is 29.1 Å². The highest BCUT2D eigenvalue weighted by Crippen LogP contribution is 2.45. The highest BCUT2D eigenvalue weighted by atomic mass is 16.5. The summed E-state index contributed by atoms with van der Waals surface area (Å²) in [6.07, 6.45) is 11.0. The molecule has 6 rings (SSSR count). The van der Waals surface area contributed by atoms with Gasteiger partial charge in [0.1, 0.15) is 11.8 Å². The molecule has 4 heterocycles. The number of aromatic amines is 1. The van der Waals surface area contributed by atoms with Crippen LogP contribution in [0.25, 0.3) is 10.9 Å². The van der Waals surface area contributed by atoms with Gasteiger partial charge in [-0.2, -0.15) is 0 Å². The number of benzene rings is 1. The Bertz CT molecular complexity index is 1270. The second kappa shape index (κ2) is 10.5. The maximum absolute atomic E-state index is 13.6. The third-order valence-electron chi connectivity index (χ3n) is 8.63. The second-order valence-corrected chi connectivity index (χ2v) is 11.1. The fourth-order valence-corrected chi connectivity index (χ4v) is 6.86. The minimum atomic E-state index is -0.320. The topological polar surface area (TPSA) is 98.2 Å². The Hall–Kier alpha value is -2.78. The molecule has 37 heavy (non-hydrogen) atoms. The van der Waals surface area contributed by atoms with Gasteiger partial charge in [-0.25, -0.2) is 4.68 Å². The van der Waals surface area contributed by atoms with Gasteiger partial charge in [-0.15, -0.1) is 5.10 Å². The van der Waals surface area contributed by atoms with Gasteiger partial charge in [-0.05, 0) is 92.1 Å². The molecule has 0 bridgehead atoms. The lowest BCUT2D eigenvalue weighted by Gasteiger charge is -2.47. The number of pyridine rings is 1. The van der Waals surface area contributed by atoms with Gasteiger partial charge in [-0.3, -0.25) is 9.69 Å². The van der Waals surface area contributed by atoms with Crippen molar-refractivity contribution in [1.29, 1.82) is 0 Å². The highest BCUT2D eigenvalue weighted by molar-refractivity contribution is 5.80. The maximum atomic E-state index is 13.6. The van der Waals surface area contributed by atoms with Crippen molar-refractivity contribution in [2.45, 2.75) is 83.4 Å². The van der Waals surface area contributed by atoms with E-state index in [1.807, 2.05) is 35.9 Å². The number of ether oxygens (including phenoxy) is 2. The monoisotopic (exact) mass is 506 g/mol. The quantitative estimate of drug-likeness (QED) is 0.512. The summed E-state index contributed by atoms with van der Waals surface area (Å²) in [5.74, 6) is 1.53. The molecule has 2 saturated heterocycles. The fraction of sp³-hybridized carbons (Fsp3) is 0.643. The summed E-state index contributed by atoms with van der Waals surface area (Å²) in [6, 6.07) is 7.52. The van der Waals surface area contributed by atoms with Gasteiger partial charge in [0.2, 0.25) is 0 Å². The normalized spacial score (nSPS) is 23.0. The number of nitrogens with one attached hydrogen (secondary N) is 1. The predicted octanol–water partition coefficient (Wildman–Crippen LogP) is 4.23. The number of fused-ring (bicyclic) bond motifs is 1. The van der Waals surface area contributed by atoms with Gasteiger partial charge in [0.05, 0.1) is 19.3 Å². The standard InChI is InChI=1S/C28H38N6O3/c1-2-36-21-9-10-24-20(16-21)17-23(27(35)29-24)25(26-30-31-32-34(26)18-22-8-6-15-37-22)33-14-7-13-28(19-33)11-4-3-5-12-28/h9-10,16-17,22,25H,2-8,11-15,18-19H2,1H3,(H,29,35). The summed E-state index contributed by atoms with van der Waals surface area (Å²) in [5, 5.41) is 14.0. The first-order valence-corrected chi connectivity index (χ1v) is 14.1. The molecule has 1 aromatic carbocycles. The third-order valence-corrected chi connectivity index (χ3v) is 8.63. The lowest BCUT2D eigenvalue weighted by atomic mass is 9.69. The van der Waals surface area contributed by atoms with Crippen molar-refractivity contribution in [3.63, 3.8) is 0 Å². The number of hydrogen-bond acceptors (Lipinski definition) is 7. The molecule has 1 saturated carbocycles. The van der Waals surface area contributed by atoms with Gasteiger partial charge < -0.3 is 14.5 Å². The lowest BCUT2D eigenvalue weighted by Crippen LogP contribution is -2.47. The van der Waals surface area contributed by atoms with Gasteiger partial charge >= 0.3 is 0 Å². The van der Waals surface area contributed by atoms with Crippen LogP contribution in [0.1, 0.15) is 82.1 Å². The van der Waals surface area contributed by atoms with E-state index in [2.05, 4.69) is 25.4 Å². The number of hydrogen-bond donors (Lipinski definition) is 1. The Morgan fingerprint density at radius 2 is 2.03 bits per heavy atom. The highest BCUT2D eigenvalue weighted by Gasteiger charge is 2.41. The van der Waals surface area contributed by atoms with Crippen molar-refractivity contribution >= 4 is 10.9 Å². The van der Waals surface area contributed by atoms with Crippen molar-refractivity contribution in [1.82, 2.24) is 30.1 Å². The van der Waals surface area contributed by atoms with Crippen LogP contribution in [-0.2, 0) is 11.3 Å². The van der Waals surface area contributed by atoms with Crippen molar-refractivity contribution < 1.29 is 9.47 Å². The fourth-order valence-electron chi connectivity index (χ4n) is 6.86. The summed E-state index contributed by atoms with van der Waals surface area (Å²) in [5.41, 5.74) is 1.74. The average molecular weight is 507 g/mol. The predicted molar refractivity (Wildman–Crippen MR) is 141 cm³/mol. The van der Waals surface area contributed by atoms with Gasteiger partial charge in [0.25, 0.3) is 5.56 Å². The molecule has 1 N–H and O–H groups in total. The number of nitrogens with zero attached hydrogens (tertiary/aromatic N) is 5. The summed E-state index contributed by atoms with van der Waals surface area (Å²) in [6.45, 7) is 5.86. The minimum absolute atomic E-state index is 0.0865. The molecular formula is C28H38N6O3. The largest absolute Gasteiger partial charge is 0.494 e. The smallest absolute Gasteiger partial charge is 0.253 e. The van der Waals surface area contributed by atoms with E-state index in [1.165, 1.54) is 38.5 Å². The van der Waals surface area contributed by atoms with Crippen LogP contribution in [-0.4, -0.2) is 62.5 Å². The van der Waals surface area contributed by atoms with Crippen LogP contribution < -0.4 is 10.3 Å². The summed E-state index contributed by atoms with van der Waals surface area (Å²) >= 11 is 0. The van der Waals surface area contributed by atoms with E-state index in [0.29, 0.717) is 24.1 Å². The van der Waals surface area contributed by atoms with E-state index in [0.717, 1.165) is 61.4 Å². The Kier molecular flexibility index (Phi) is 6.99. The Balaban J connectivity index is 1.43. The molecule has 0 radical (unpaired) electrons. The SMILES string of the molecule is CCOc1ccc2[nH]c(=O)c(C(c3nnnn3CC3CCCO3)N3CCCC4(CCCCC4)C3)cc2c1. The van der Waals surface area contributed by atoms with E-state index in [9.17, 15) is 4.79 Å². The number of likely N-dealkylation sites (tertiary alicyclic amines) is 1. The molecule has 2 aromatic heterocycles. The zero-order chi connectivity index (χ0) is 25.2. The molecule has 3 aromatic rings. The molecule has 1 aliphatic carbocycles. The van der Waals surface area contributed by atoms with Crippen molar-refractivity contribution in [2.24, 2.45) is 5.41 Å². The first-order valence-electron chi connectivity index (χ1n) is 14.1. The Labute approximate surface area is 217 Å². The van der Waals surface area contributed by atoms with E-state index in [-0.39, 0.29) is 17.7 Å². The maximum Gasteiger partial charge on any atom is 0.253 e. The molecule has 198 valence electrons. The second-order valence-electron chi connectivity index (χ2n) is 11.1. The van der Waals surface area contributed by atoms with Crippen molar-refractivity contribution in [3.8, 4) is 5.75 Å². The zero-order valence-corrected chi connectivity index (χ0v) is 21.8. The zero-order valence-electron chi connectivity index (χ0n) is 21.8. The average Bonchev–Trinajstić information content (AvgIpc) is 3.58. The van der Waals surface area contributed by atoms with Crippen molar-refractivity contribution in [2.75, 3.05) is 26.3 Å². The van der Waals surface area contributed by atoms with Crippen LogP contribution in [0.4, 0.5) is 0 Å². The molecule has 1 spiro atoms.